The van der Waals surface area contributed by atoms with Crippen LogP contribution in [0, 0.1) is 5.92 Å². The van der Waals surface area contributed by atoms with Crippen molar-refractivity contribution in [1.29, 1.82) is 0 Å². The maximum absolute atomic E-state index is 12.8. The fraction of sp³-hybridized carbons (Fsp3) is 0.429. The number of carbonyl (C=O) groups is 2. The molecule has 1 saturated carbocycles. The number of nitrogens with one attached hydrogen (secondary N) is 1. The van der Waals surface area contributed by atoms with Gasteiger partial charge in [0.05, 0.1) is 0 Å². The van der Waals surface area contributed by atoms with Gasteiger partial charge in [0.25, 0.3) is 5.91 Å². The second-order valence-corrected chi connectivity index (χ2v) is 7.10. The summed E-state index contributed by atoms with van der Waals surface area (Å²) < 4.78 is 1.74. The molecule has 0 radical (unpaired) electrons. The number of aromatic nitrogens is 1. The Labute approximate surface area is 149 Å². The third kappa shape index (κ3) is 4.19. The molecule has 0 spiro atoms. The molecule has 2 aromatic rings. The molecular weight excluding hydrogens is 312 g/mol. The van der Waals surface area contributed by atoms with E-state index in [1.165, 1.54) is 38.2 Å². The highest BCUT2D eigenvalue weighted by Gasteiger charge is 2.27. The molecule has 1 aliphatic carbocycles. The summed E-state index contributed by atoms with van der Waals surface area (Å²) >= 11 is 0. The number of hydrogen-bond acceptors (Lipinski definition) is 2. The first kappa shape index (κ1) is 17.5. The number of nitrogens with zero attached hydrogens (tertiary/aromatic N) is 1. The number of amides is 1. The van der Waals surface area contributed by atoms with Crippen LogP contribution in [-0.2, 0) is 13.5 Å². The Morgan fingerprint density at radius 2 is 1.88 bits per heavy atom. The normalized spacial score (nSPS) is 15.9. The molecular formula is C21H26N2O2. The summed E-state index contributed by atoms with van der Waals surface area (Å²) in [5, 5.41) is 3.25. The van der Waals surface area contributed by atoms with Crippen LogP contribution in [0.1, 0.15) is 59.0 Å². The van der Waals surface area contributed by atoms with Crippen LogP contribution in [0.5, 0.6) is 0 Å². The van der Waals surface area contributed by atoms with Crippen molar-refractivity contribution < 1.29 is 9.59 Å². The van der Waals surface area contributed by atoms with Crippen LogP contribution in [0.25, 0.3) is 0 Å². The lowest BCUT2D eigenvalue weighted by Gasteiger charge is -2.25. The monoisotopic (exact) mass is 338 g/mol. The maximum atomic E-state index is 12.8. The second-order valence-electron chi connectivity index (χ2n) is 7.10. The highest BCUT2D eigenvalue weighted by Crippen LogP contribution is 2.29. The molecule has 4 heteroatoms. The molecule has 1 fully saturated rings. The Kier molecular flexibility index (Phi) is 5.37. The summed E-state index contributed by atoms with van der Waals surface area (Å²) in [6.45, 7) is 1.52. The quantitative estimate of drug-likeness (QED) is 0.815. The van der Waals surface area contributed by atoms with Gasteiger partial charge in [-0.15, -0.1) is 0 Å². The van der Waals surface area contributed by atoms with Gasteiger partial charge in [-0.1, -0.05) is 43.2 Å². The molecule has 0 saturated heterocycles. The van der Waals surface area contributed by atoms with Gasteiger partial charge in [0.2, 0.25) is 0 Å². The van der Waals surface area contributed by atoms with Crippen LogP contribution < -0.4 is 5.32 Å². The third-order valence-electron chi connectivity index (χ3n) is 5.23. The molecule has 3 rings (SSSR count). The molecule has 1 heterocycles. The molecule has 1 amide bonds. The van der Waals surface area contributed by atoms with Gasteiger partial charge in [0.1, 0.15) is 5.69 Å². The number of rotatable bonds is 6. The Morgan fingerprint density at radius 1 is 1.20 bits per heavy atom. The van der Waals surface area contributed by atoms with E-state index >= 15 is 0 Å². The molecule has 1 atom stereocenters. The molecule has 4 nitrogen and oxygen atoms in total. The van der Waals surface area contributed by atoms with Gasteiger partial charge >= 0.3 is 0 Å². The molecule has 1 aromatic carbocycles. The first-order valence-electron chi connectivity index (χ1n) is 9.06. The van der Waals surface area contributed by atoms with Crippen molar-refractivity contribution in [3.05, 3.63) is 59.4 Å². The summed E-state index contributed by atoms with van der Waals surface area (Å²) in [5.74, 6) is 0.408. The van der Waals surface area contributed by atoms with Crippen LogP contribution in [0.4, 0.5) is 0 Å². The minimum atomic E-state index is -0.0946. The van der Waals surface area contributed by atoms with Gasteiger partial charge in [-0.05, 0) is 43.7 Å². The number of Topliss-reactive ketones (excluding diaryl/α,β-unsaturated/α-hetero) is 1. The van der Waals surface area contributed by atoms with Crippen molar-refractivity contribution in [2.45, 2.75) is 45.1 Å². The average Bonchev–Trinajstić information content (AvgIpc) is 3.24. The van der Waals surface area contributed by atoms with E-state index in [4.69, 9.17) is 0 Å². The molecule has 0 bridgehead atoms. The summed E-state index contributed by atoms with van der Waals surface area (Å²) in [6, 6.07) is 12.1. The Bertz CT molecular complexity index is 743. The smallest absolute Gasteiger partial charge is 0.268 e. The summed E-state index contributed by atoms with van der Waals surface area (Å²) in [6.07, 6.45) is 7.39. The van der Waals surface area contributed by atoms with Crippen LogP contribution in [0.15, 0.2) is 42.6 Å². The topological polar surface area (TPSA) is 51.1 Å². The minimum absolute atomic E-state index is 0.0220. The lowest BCUT2D eigenvalue weighted by atomic mass is 9.92. The summed E-state index contributed by atoms with van der Waals surface area (Å²) in [7, 11) is 1.81. The molecule has 25 heavy (non-hydrogen) atoms. The molecule has 1 aliphatic rings. The van der Waals surface area contributed by atoms with Crippen LogP contribution in [0.2, 0.25) is 0 Å². The lowest BCUT2D eigenvalue weighted by Crippen LogP contribution is -2.41. The molecule has 1 N–H and O–H groups in total. The van der Waals surface area contributed by atoms with E-state index in [1.54, 1.807) is 16.8 Å². The highest BCUT2D eigenvalue weighted by atomic mass is 16.2. The standard InChI is InChI=1S/C21H26N2O2/c1-15(24)18-13-20(23(2)14-18)21(25)22-19(17-10-6-7-11-17)12-16-8-4-3-5-9-16/h3-5,8-9,13-14,17,19H,6-7,10-12H2,1-2H3,(H,22,25). The van der Waals surface area contributed by atoms with Gasteiger partial charge in [-0.3, -0.25) is 9.59 Å². The van der Waals surface area contributed by atoms with Crippen LogP contribution in [0.3, 0.4) is 0 Å². The fourth-order valence-electron chi connectivity index (χ4n) is 3.79. The number of hydrogen-bond donors (Lipinski definition) is 1. The second kappa shape index (κ2) is 7.68. The van der Waals surface area contributed by atoms with Crippen molar-refractivity contribution in [2.75, 3.05) is 0 Å². The number of ketones is 1. The molecule has 1 unspecified atom stereocenters. The van der Waals surface area contributed by atoms with Crippen molar-refractivity contribution >= 4 is 11.7 Å². The van der Waals surface area contributed by atoms with E-state index in [0.29, 0.717) is 17.2 Å². The highest BCUT2D eigenvalue weighted by molar-refractivity contribution is 5.99. The van der Waals surface area contributed by atoms with Crippen molar-refractivity contribution in [3.63, 3.8) is 0 Å². The predicted octanol–water partition coefficient (Wildman–Crippen LogP) is 3.76. The molecule has 1 aromatic heterocycles. The summed E-state index contributed by atoms with van der Waals surface area (Å²) in [4.78, 5) is 24.4. The maximum Gasteiger partial charge on any atom is 0.268 e. The van der Waals surface area contributed by atoms with Crippen LogP contribution in [-0.4, -0.2) is 22.3 Å². The van der Waals surface area contributed by atoms with Crippen molar-refractivity contribution in [1.82, 2.24) is 9.88 Å². The first-order chi connectivity index (χ1) is 12.0. The number of benzene rings is 1. The lowest BCUT2D eigenvalue weighted by molar-refractivity contribution is 0.0913. The summed E-state index contributed by atoms with van der Waals surface area (Å²) in [5.41, 5.74) is 2.37. The van der Waals surface area contributed by atoms with Gasteiger partial charge in [-0.2, -0.15) is 0 Å². The van der Waals surface area contributed by atoms with Crippen molar-refractivity contribution in [2.24, 2.45) is 13.0 Å². The SMILES string of the molecule is CC(=O)c1cc(C(=O)NC(Cc2ccccc2)C2CCCC2)n(C)c1. The van der Waals surface area contributed by atoms with Crippen molar-refractivity contribution in [3.8, 4) is 0 Å². The van der Waals surface area contributed by atoms with Crippen LogP contribution >= 0.6 is 0 Å². The van der Waals surface area contributed by atoms with E-state index in [0.717, 1.165) is 6.42 Å². The van der Waals surface area contributed by atoms with Gasteiger partial charge in [0, 0.05) is 24.8 Å². The largest absolute Gasteiger partial charge is 0.347 e. The number of aryl methyl sites for hydroxylation is 1. The fourth-order valence-corrected chi connectivity index (χ4v) is 3.79. The zero-order valence-electron chi connectivity index (χ0n) is 15.0. The average molecular weight is 338 g/mol. The van der Waals surface area contributed by atoms with Gasteiger partial charge < -0.3 is 9.88 Å². The Hall–Kier alpha value is -2.36. The van der Waals surface area contributed by atoms with E-state index in [2.05, 4.69) is 17.4 Å². The predicted molar refractivity (Wildman–Crippen MR) is 98.8 cm³/mol. The zero-order chi connectivity index (χ0) is 17.8. The molecule has 132 valence electrons. The number of carbonyl (C=O) groups excluding carboxylic acids is 2. The van der Waals surface area contributed by atoms with E-state index in [1.807, 2.05) is 25.2 Å². The van der Waals surface area contributed by atoms with Gasteiger partial charge in [0.15, 0.2) is 5.78 Å². The molecule has 0 aliphatic heterocycles. The third-order valence-corrected chi connectivity index (χ3v) is 5.23. The Balaban J connectivity index is 1.77. The Morgan fingerprint density at radius 3 is 2.48 bits per heavy atom. The first-order valence-corrected chi connectivity index (χ1v) is 9.06. The minimum Gasteiger partial charge on any atom is -0.347 e. The van der Waals surface area contributed by atoms with E-state index in [9.17, 15) is 9.59 Å². The van der Waals surface area contributed by atoms with E-state index in [-0.39, 0.29) is 17.7 Å². The van der Waals surface area contributed by atoms with Gasteiger partial charge in [-0.25, -0.2) is 0 Å². The van der Waals surface area contributed by atoms with E-state index < -0.39 is 0 Å². The zero-order valence-corrected chi connectivity index (χ0v) is 15.0.